The zero-order valence-corrected chi connectivity index (χ0v) is 12.4. The molecule has 0 radical (unpaired) electrons. The number of anilines is 1. The minimum Gasteiger partial charge on any atom is -0.398 e. The number of aryl methyl sites for hydroxylation is 1. The molecule has 0 saturated carbocycles. The Morgan fingerprint density at radius 1 is 1.21 bits per heavy atom. The summed E-state index contributed by atoms with van der Waals surface area (Å²) in [6.45, 7) is 3.66. The molecule has 0 aliphatic rings. The molecular formula is C13H16N2O2S2. The van der Waals surface area contributed by atoms with E-state index in [1.807, 2.05) is 25.1 Å². The number of nitrogen functional groups attached to an aromatic ring is 1. The van der Waals surface area contributed by atoms with Crippen molar-refractivity contribution in [2.75, 3.05) is 5.73 Å². The molecule has 6 heteroatoms. The van der Waals surface area contributed by atoms with Crippen LogP contribution in [0.25, 0.3) is 0 Å². The predicted octanol–water partition coefficient (Wildman–Crippen LogP) is 2.68. The first-order valence-electron chi connectivity index (χ1n) is 5.83. The summed E-state index contributed by atoms with van der Waals surface area (Å²) in [6.07, 6.45) is 0. The average Bonchev–Trinajstić information content (AvgIpc) is 2.76. The Kier molecular flexibility index (Phi) is 3.93. The van der Waals surface area contributed by atoms with Crippen molar-refractivity contribution < 1.29 is 8.42 Å². The van der Waals surface area contributed by atoms with Crippen LogP contribution in [0.15, 0.2) is 40.6 Å². The van der Waals surface area contributed by atoms with Crippen molar-refractivity contribution >= 4 is 27.0 Å². The van der Waals surface area contributed by atoms with E-state index < -0.39 is 10.0 Å². The molecule has 0 aliphatic heterocycles. The van der Waals surface area contributed by atoms with Crippen LogP contribution in [-0.4, -0.2) is 8.42 Å². The van der Waals surface area contributed by atoms with Gasteiger partial charge in [0.25, 0.3) is 10.0 Å². The molecule has 102 valence electrons. The largest absolute Gasteiger partial charge is 0.398 e. The summed E-state index contributed by atoms with van der Waals surface area (Å²) in [5.41, 5.74) is 7.21. The summed E-state index contributed by atoms with van der Waals surface area (Å²) in [7, 11) is -3.49. The van der Waals surface area contributed by atoms with E-state index in [2.05, 4.69) is 4.72 Å². The molecule has 4 nitrogen and oxygen atoms in total. The van der Waals surface area contributed by atoms with Crippen LogP contribution in [0, 0.1) is 6.92 Å². The molecule has 0 saturated heterocycles. The highest BCUT2D eigenvalue weighted by Gasteiger charge is 2.20. The van der Waals surface area contributed by atoms with E-state index in [0.717, 1.165) is 10.4 Å². The van der Waals surface area contributed by atoms with Crippen molar-refractivity contribution in [1.82, 2.24) is 4.72 Å². The first-order chi connectivity index (χ1) is 8.90. The Bertz CT molecular complexity index is 677. The zero-order valence-electron chi connectivity index (χ0n) is 10.8. The fourth-order valence-electron chi connectivity index (χ4n) is 1.82. The van der Waals surface area contributed by atoms with Gasteiger partial charge in [-0.05, 0) is 37.6 Å². The second kappa shape index (κ2) is 5.32. The molecule has 1 unspecified atom stereocenters. The van der Waals surface area contributed by atoms with E-state index in [0.29, 0.717) is 9.90 Å². The van der Waals surface area contributed by atoms with Gasteiger partial charge in [-0.15, -0.1) is 11.3 Å². The van der Waals surface area contributed by atoms with Crippen molar-refractivity contribution in [2.45, 2.75) is 24.1 Å². The smallest absolute Gasteiger partial charge is 0.250 e. The highest BCUT2D eigenvalue weighted by atomic mass is 32.2. The molecule has 0 spiro atoms. The number of benzene rings is 1. The van der Waals surface area contributed by atoms with Crippen molar-refractivity contribution in [3.05, 3.63) is 46.8 Å². The van der Waals surface area contributed by atoms with Crippen LogP contribution in [0.1, 0.15) is 23.4 Å². The van der Waals surface area contributed by atoms with Gasteiger partial charge >= 0.3 is 0 Å². The van der Waals surface area contributed by atoms with Gasteiger partial charge < -0.3 is 5.73 Å². The van der Waals surface area contributed by atoms with Gasteiger partial charge in [0, 0.05) is 16.6 Å². The molecule has 19 heavy (non-hydrogen) atoms. The number of rotatable bonds is 4. The van der Waals surface area contributed by atoms with Crippen molar-refractivity contribution in [1.29, 1.82) is 0 Å². The van der Waals surface area contributed by atoms with Gasteiger partial charge in [0.1, 0.15) is 4.21 Å². The van der Waals surface area contributed by atoms with E-state index in [1.165, 1.54) is 11.3 Å². The standard InChI is InChI=1S/C13H16N2O2S2/c1-9-7-8-13(18-9)19(16,17)15-10(2)11-5-3-4-6-12(11)14/h3-8,10,15H,14H2,1-2H3. The number of nitrogens with one attached hydrogen (secondary N) is 1. The van der Waals surface area contributed by atoms with Crippen LogP contribution < -0.4 is 10.5 Å². The molecule has 1 aromatic heterocycles. The molecule has 2 aromatic rings. The number of nitrogens with two attached hydrogens (primary N) is 1. The number of sulfonamides is 1. The lowest BCUT2D eigenvalue weighted by molar-refractivity contribution is 0.569. The zero-order chi connectivity index (χ0) is 14.0. The Balaban J connectivity index is 2.24. The fraction of sp³-hybridized carbons (Fsp3) is 0.231. The molecule has 0 amide bonds. The van der Waals surface area contributed by atoms with E-state index >= 15 is 0 Å². The lowest BCUT2D eigenvalue weighted by Gasteiger charge is -2.15. The van der Waals surface area contributed by atoms with E-state index in [1.54, 1.807) is 25.1 Å². The summed E-state index contributed by atoms with van der Waals surface area (Å²) in [4.78, 5) is 0.965. The summed E-state index contributed by atoms with van der Waals surface area (Å²) in [5, 5.41) is 0. The minimum atomic E-state index is -3.49. The fourth-order valence-corrected chi connectivity index (χ4v) is 4.34. The number of para-hydroxylation sites is 1. The topological polar surface area (TPSA) is 72.2 Å². The minimum absolute atomic E-state index is 0.325. The van der Waals surface area contributed by atoms with Crippen LogP contribution in [0.5, 0.6) is 0 Å². The molecule has 1 heterocycles. The molecule has 1 atom stereocenters. The molecule has 2 rings (SSSR count). The van der Waals surface area contributed by atoms with Crippen LogP contribution in [0.3, 0.4) is 0 Å². The highest BCUT2D eigenvalue weighted by molar-refractivity contribution is 7.91. The SMILES string of the molecule is Cc1ccc(S(=O)(=O)NC(C)c2ccccc2N)s1. The lowest BCUT2D eigenvalue weighted by Crippen LogP contribution is -2.26. The monoisotopic (exact) mass is 296 g/mol. The second-order valence-electron chi connectivity index (χ2n) is 4.34. The number of thiophene rings is 1. The molecule has 0 aliphatic carbocycles. The Morgan fingerprint density at radius 3 is 2.47 bits per heavy atom. The predicted molar refractivity (Wildman–Crippen MR) is 78.6 cm³/mol. The lowest BCUT2D eigenvalue weighted by atomic mass is 10.1. The molecule has 1 aromatic carbocycles. The molecule has 0 bridgehead atoms. The normalized spacial score (nSPS) is 13.4. The first-order valence-corrected chi connectivity index (χ1v) is 8.13. The summed E-state index contributed by atoms with van der Waals surface area (Å²) < 4.78 is 27.4. The summed E-state index contributed by atoms with van der Waals surface area (Å²) in [6, 6.07) is 10.3. The van der Waals surface area contributed by atoms with Crippen molar-refractivity contribution in [2.24, 2.45) is 0 Å². The third-order valence-corrected chi connectivity index (χ3v) is 5.81. The maximum Gasteiger partial charge on any atom is 0.250 e. The van der Waals surface area contributed by atoms with E-state index in [-0.39, 0.29) is 6.04 Å². The average molecular weight is 296 g/mol. The second-order valence-corrected chi connectivity index (χ2v) is 7.57. The van der Waals surface area contributed by atoms with E-state index in [9.17, 15) is 8.42 Å². The number of hydrogen-bond acceptors (Lipinski definition) is 4. The third kappa shape index (κ3) is 3.15. The summed E-state index contributed by atoms with van der Waals surface area (Å²) >= 11 is 1.25. The van der Waals surface area contributed by atoms with Crippen LogP contribution in [-0.2, 0) is 10.0 Å². The molecule has 0 fully saturated rings. The van der Waals surface area contributed by atoms with Gasteiger partial charge in [0.05, 0.1) is 0 Å². The maximum atomic E-state index is 12.2. The summed E-state index contributed by atoms with van der Waals surface area (Å²) in [5.74, 6) is 0. The van der Waals surface area contributed by atoms with Gasteiger partial charge in [0.2, 0.25) is 0 Å². The Hall–Kier alpha value is -1.37. The van der Waals surface area contributed by atoms with Gasteiger partial charge in [-0.1, -0.05) is 18.2 Å². The van der Waals surface area contributed by atoms with Crippen LogP contribution >= 0.6 is 11.3 Å². The Labute approximate surface area is 117 Å². The van der Waals surface area contributed by atoms with Crippen molar-refractivity contribution in [3.8, 4) is 0 Å². The quantitative estimate of drug-likeness (QED) is 0.852. The molecular weight excluding hydrogens is 280 g/mol. The van der Waals surface area contributed by atoms with Crippen LogP contribution in [0.2, 0.25) is 0 Å². The third-order valence-electron chi connectivity index (χ3n) is 2.78. The number of hydrogen-bond donors (Lipinski definition) is 2. The van der Waals surface area contributed by atoms with Crippen LogP contribution in [0.4, 0.5) is 5.69 Å². The van der Waals surface area contributed by atoms with Gasteiger partial charge in [-0.2, -0.15) is 0 Å². The van der Waals surface area contributed by atoms with Gasteiger partial charge in [0.15, 0.2) is 0 Å². The molecule has 3 N–H and O–H groups in total. The Morgan fingerprint density at radius 2 is 1.89 bits per heavy atom. The van der Waals surface area contributed by atoms with E-state index in [4.69, 9.17) is 5.73 Å². The van der Waals surface area contributed by atoms with Crippen molar-refractivity contribution in [3.63, 3.8) is 0 Å². The van der Waals surface area contributed by atoms with Gasteiger partial charge in [-0.3, -0.25) is 0 Å². The first kappa shape index (κ1) is 14.0. The highest BCUT2D eigenvalue weighted by Crippen LogP contribution is 2.25. The maximum absolute atomic E-state index is 12.2. The van der Waals surface area contributed by atoms with Gasteiger partial charge in [-0.25, -0.2) is 13.1 Å².